The Morgan fingerprint density at radius 2 is 2.06 bits per heavy atom. The van der Waals surface area contributed by atoms with Crippen molar-refractivity contribution < 1.29 is 0 Å². The van der Waals surface area contributed by atoms with Crippen LogP contribution in [0.3, 0.4) is 0 Å². The summed E-state index contributed by atoms with van der Waals surface area (Å²) in [6.45, 7) is 0. The molecule has 4 nitrogen and oxygen atoms in total. The third-order valence-electron chi connectivity index (χ3n) is 2.45. The molecule has 1 aromatic carbocycles. The Morgan fingerprint density at radius 1 is 1.33 bits per heavy atom. The molecule has 1 aromatic heterocycles. The predicted octanol–water partition coefficient (Wildman–Crippen LogP) is 2.50. The summed E-state index contributed by atoms with van der Waals surface area (Å²) in [6, 6.07) is 13.9. The number of H-pyrrole nitrogens is 1. The van der Waals surface area contributed by atoms with Crippen LogP contribution in [0.1, 0.15) is 5.69 Å². The number of nitrogens with one attached hydrogen (secondary N) is 1. The van der Waals surface area contributed by atoms with Crippen LogP contribution in [0.25, 0.3) is 16.8 Å². The van der Waals surface area contributed by atoms with Gasteiger partial charge in [-0.1, -0.05) is 30.3 Å². The SMILES string of the molecule is CN(C)/C=C(\C#N)c1cc(-c2ccccc2)n[nH]1. The number of hydrogen-bond donors (Lipinski definition) is 1. The van der Waals surface area contributed by atoms with Crippen molar-refractivity contribution in [1.29, 1.82) is 5.26 Å². The molecule has 1 heterocycles. The van der Waals surface area contributed by atoms with E-state index < -0.39 is 0 Å². The van der Waals surface area contributed by atoms with Gasteiger partial charge in [-0.25, -0.2) is 0 Å². The van der Waals surface area contributed by atoms with Crippen molar-refractivity contribution in [1.82, 2.24) is 15.1 Å². The molecule has 4 heteroatoms. The van der Waals surface area contributed by atoms with Crippen LogP contribution >= 0.6 is 0 Å². The first-order chi connectivity index (χ1) is 8.70. The molecule has 0 fully saturated rings. The van der Waals surface area contributed by atoms with Crippen molar-refractivity contribution in [3.05, 3.63) is 48.3 Å². The number of rotatable bonds is 3. The van der Waals surface area contributed by atoms with E-state index in [1.54, 1.807) is 6.20 Å². The number of aromatic nitrogens is 2. The van der Waals surface area contributed by atoms with Crippen molar-refractivity contribution in [3.8, 4) is 17.3 Å². The summed E-state index contributed by atoms with van der Waals surface area (Å²) < 4.78 is 0. The van der Waals surface area contributed by atoms with Crippen LogP contribution < -0.4 is 0 Å². The van der Waals surface area contributed by atoms with Gasteiger partial charge in [0.15, 0.2) is 0 Å². The molecule has 0 unspecified atom stereocenters. The smallest absolute Gasteiger partial charge is 0.103 e. The normalized spacial score (nSPS) is 11.1. The lowest BCUT2D eigenvalue weighted by Crippen LogP contribution is -2.02. The summed E-state index contributed by atoms with van der Waals surface area (Å²) in [6.07, 6.45) is 1.77. The van der Waals surface area contributed by atoms with Gasteiger partial charge in [0, 0.05) is 25.9 Å². The number of aromatic amines is 1. The molecule has 0 atom stereocenters. The number of benzene rings is 1. The van der Waals surface area contributed by atoms with Crippen LogP contribution in [-0.2, 0) is 0 Å². The highest BCUT2D eigenvalue weighted by atomic mass is 15.1. The quantitative estimate of drug-likeness (QED) is 0.836. The first kappa shape index (κ1) is 11.9. The Bertz CT molecular complexity index is 588. The van der Waals surface area contributed by atoms with Crippen LogP contribution in [-0.4, -0.2) is 29.2 Å². The molecular formula is C14H14N4. The van der Waals surface area contributed by atoms with Gasteiger partial charge < -0.3 is 4.90 Å². The van der Waals surface area contributed by atoms with Crippen LogP contribution in [0.15, 0.2) is 42.6 Å². The molecule has 2 aromatic rings. The van der Waals surface area contributed by atoms with Crippen molar-refractivity contribution in [2.75, 3.05) is 14.1 Å². The molecule has 90 valence electrons. The van der Waals surface area contributed by atoms with Gasteiger partial charge in [-0.2, -0.15) is 10.4 Å². The van der Waals surface area contributed by atoms with E-state index in [1.807, 2.05) is 55.4 Å². The molecule has 0 spiro atoms. The first-order valence-corrected chi connectivity index (χ1v) is 5.60. The fraction of sp³-hybridized carbons (Fsp3) is 0.143. The second kappa shape index (κ2) is 5.19. The largest absolute Gasteiger partial charge is 0.382 e. The molecule has 0 aliphatic heterocycles. The number of nitrogens with zero attached hydrogens (tertiary/aromatic N) is 3. The monoisotopic (exact) mass is 238 g/mol. The van der Waals surface area contributed by atoms with Gasteiger partial charge in [0.25, 0.3) is 0 Å². The third-order valence-corrected chi connectivity index (χ3v) is 2.45. The second-order valence-electron chi connectivity index (χ2n) is 4.15. The molecule has 1 N–H and O–H groups in total. The zero-order chi connectivity index (χ0) is 13.0. The van der Waals surface area contributed by atoms with Crippen molar-refractivity contribution in [2.45, 2.75) is 0 Å². The third kappa shape index (κ3) is 2.58. The zero-order valence-corrected chi connectivity index (χ0v) is 10.4. The summed E-state index contributed by atoms with van der Waals surface area (Å²) in [5.41, 5.74) is 3.16. The minimum atomic E-state index is 0.565. The Labute approximate surface area is 106 Å². The fourth-order valence-corrected chi connectivity index (χ4v) is 1.63. The van der Waals surface area contributed by atoms with Crippen molar-refractivity contribution in [2.24, 2.45) is 0 Å². The maximum Gasteiger partial charge on any atom is 0.103 e. The topological polar surface area (TPSA) is 55.7 Å². The highest BCUT2D eigenvalue weighted by molar-refractivity contribution is 5.76. The molecule has 0 saturated carbocycles. The fourth-order valence-electron chi connectivity index (χ4n) is 1.63. The second-order valence-corrected chi connectivity index (χ2v) is 4.15. The lowest BCUT2D eigenvalue weighted by Gasteiger charge is -2.04. The first-order valence-electron chi connectivity index (χ1n) is 5.60. The molecule has 0 aliphatic rings. The van der Waals surface area contributed by atoms with Crippen LogP contribution in [0, 0.1) is 11.3 Å². The molecule has 0 radical (unpaired) electrons. The molecule has 0 amide bonds. The Balaban J connectivity index is 2.34. The van der Waals surface area contributed by atoms with E-state index in [4.69, 9.17) is 5.26 Å². The Hall–Kier alpha value is -2.54. The minimum absolute atomic E-state index is 0.565. The lowest BCUT2D eigenvalue weighted by atomic mass is 10.1. The molecule has 2 rings (SSSR count). The maximum absolute atomic E-state index is 9.12. The van der Waals surface area contributed by atoms with Gasteiger partial charge in [0.1, 0.15) is 6.07 Å². The van der Waals surface area contributed by atoms with Crippen LogP contribution in [0.5, 0.6) is 0 Å². The molecular weight excluding hydrogens is 224 g/mol. The lowest BCUT2D eigenvalue weighted by molar-refractivity contribution is 0.566. The summed E-state index contributed by atoms with van der Waals surface area (Å²) in [7, 11) is 3.76. The predicted molar refractivity (Wildman–Crippen MR) is 71.3 cm³/mol. The van der Waals surface area contributed by atoms with Gasteiger partial charge in [-0.05, 0) is 6.07 Å². The van der Waals surface area contributed by atoms with Gasteiger partial charge in [0.05, 0.1) is 17.0 Å². The van der Waals surface area contributed by atoms with Crippen molar-refractivity contribution in [3.63, 3.8) is 0 Å². The Kier molecular flexibility index (Phi) is 3.44. The van der Waals surface area contributed by atoms with Crippen LogP contribution in [0.2, 0.25) is 0 Å². The van der Waals surface area contributed by atoms with Gasteiger partial charge in [0.2, 0.25) is 0 Å². The highest BCUT2D eigenvalue weighted by Crippen LogP contribution is 2.20. The van der Waals surface area contributed by atoms with E-state index in [-0.39, 0.29) is 0 Å². The summed E-state index contributed by atoms with van der Waals surface area (Å²) in [4.78, 5) is 1.83. The average molecular weight is 238 g/mol. The average Bonchev–Trinajstić information content (AvgIpc) is 2.86. The summed E-state index contributed by atoms with van der Waals surface area (Å²) in [5.74, 6) is 0. The van der Waals surface area contributed by atoms with Crippen LogP contribution in [0.4, 0.5) is 0 Å². The molecule has 0 saturated heterocycles. The van der Waals surface area contributed by atoms with Gasteiger partial charge >= 0.3 is 0 Å². The number of hydrogen-bond acceptors (Lipinski definition) is 3. The maximum atomic E-state index is 9.12. The van der Waals surface area contributed by atoms with E-state index >= 15 is 0 Å². The van der Waals surface area contributed by atoms with E-state index in [0.717, 1.165) is 17.0 Å². The number of allylic oxidation sites excluding steroid dienone is 1. The molecule has 18 heavy (non-hydrogen) atoms. The summed E-state index contributed by atoms with van der Waals surface area (Å²) >= 11 is 0. The van der Waals surface area contributed by atoms with Crippen molar-refractivity contribution >= 4 is 5.57 Å². The summed E-state index contributed by atoms with van der Waals surface area (Å²) in [5, 5.41) is 16.2. The minimum Gasteiger partial charge on any atom is -0.382 e. The Morgan fingerprint density at radius 3 is 2.67 bits per heavy atom. The highest BCUT2D eigenvalue weighted by Gasteiger charge is 2.07. The van der Waals surface area contributed by atoms with E-state index in [9.17, 15) is 0 Å². The van der Waals surface area contributed by atoms with Gasteiger partial charge in [-0.3, -0.25) is 5.10 Å². The number of nitriles is 1. The zero-order valence-electron chi connectivity index (χ0n) is 10.4. The van der Waals surface area contributed by atoms with Gasteiger partial charge in [-0.15, -0.1) is 0 Å². The van der Waals surface area contributed by atoms with E-state index in [2.05, 4.69) is 16.3 Å². The van der Waals surface area contributed by atoms with E-state index in [0.29, 0.717) is 5.57 Å². The molecule has 0 bridgehead atoms. The molecule has 0 aliphatic carbocycles. The van der Waals surface area contributed by atoms with E-state index in [1.165, 1.54) is 0 Å². The standard InChI is InChI=1S/C14H14N4/c1-18(2)10-12(9-15)14-8-13(16-17-14)11-6-4-3-5-7-11/h3-8,10H,1-2H3,(H,16,17)/b12-10+.